The summed E-state index contributed by atoms with van der Waals surface area (Å²) in [6, 6.07) is 17.5. The molecule has 0 spiro atoms. The van der Waals surface area contributed by atoms with Crippen LogP contribution in [0.15, 0.2) is 71.8 Å². The summed E-state index contributed by atoms with van der Waals surface area (Å²) in [5, 5.41) is 13.4. The zero-order chi connectivity index (χ0) is 23.6. The van der Waals surface area contributed by atoms with Gasteiger partial charge in [-0.25, -0.2) is 13.6 Å². The highest BCUT2D eigenvalue weighted by Gasteiger charge is 2.19. The first-order valence-corrected chi connectivity index (χ1v) is 11.9. The van der Waals surface area contributed by atoms with E-state index in [-0.39, 0.29) is 22.9 Å². The second kappa shape index (κ2) is 9.22. The number of nitrogens with zero attached hydrogens (tertiary/aromatic N) is 2. The van der Waals surface area contributed by atoms with Gasteiger partial charge in [-0.2, -0.15) is 5.10 Å². The lowest BCUT2D eigenvalue weighted by Crippen LogP contribution is -2.17. The van der Waals surface area contributed by atoms with Crippen LogP contribution in [0.1, 0.15) is 11.1 Å². The molecule has 0 saturated heterocycles. The number of fused-ring (bicyclic) bond motifs is 1. The number of anilines is 1. The largest absolute Gasteiger partial charge is 0.497 e. The quantitative estimate of drug-likeness (QED) is 0.416. The molecule has 1 heterocycles. The lowest BCUT2D eigenvalue weighted by atomic mass is 10.1. The predicted molar refractivity (Wildman–Crippen MR) is 127 cm³/mol. The molecule has 1 aromatic heterocycles. The van der Waals surface area contributed by atoms with Crippen LogP contribution in [0.2, 0.25) is 5.02 Å². The third-order valence-electron chi connectivity index (χ3n) is 5.09. The summed E-state index contributed by atoms with van der Waals surface area (Å²) in [5.41, 5.74) is 2.37. The van der Waals surface area contributed by atoms with Crippen LogP contribution in [-0.2, 0) is 27.8 Å². The van der Waals surface area contributed by atoms with Crippen LogP contribution in [0.3, 0.4) is 0 Å². The van der Waals surface area contributed by atoms with Crippen molar-refractivity contribution in [3.8, 4) is 5.75 Å². The van der Waals surface area contributed by atoms with Gasteiger partial charge >= 0.3 is 0 Å². The molecule has 0 atom stereocenters. The van der Waals surface area contributed by atoms with E-state index in [1.807, 2.05) is 24.3 Å². The van der Waals surface area contributed by atoms with Crippen LogP contribution in [0.5, 0.6) is 5.75 Å². The van der Waals surface area contributed by atoms with E-state index < -0.39 is 10.0 Å². The number of rotatable bonds is 7. The number of methoxy groups -OCH3 is 1. The Bertz CT molecular complexity index is 1450. The molecule has 10 heteroatoms. The number of ether oxygens (including phenoxy) is 1. The maximum Gasteiger partial charge on any atom is 0.238 e. The van der Waals surface area contributed by atoms with Crippen molar-refractivity contribution in [2.75, 3.05) is 12.4 Å². The smallest absolute Gasteiger partial charge is 0.238 e. The second-order valence-corrected chi connectivity index (χ2v) is 9.36. The van der Waals surface area contributed by atoms with Crippen molar-refractivity contribution >= 4 is 44.1 Å². The van der Waals surface area contributed by atoms with Crippen molar-refractivity contribution in [2.45, 2.75) is 17.9 Å². The summed E-state index contributed by atoms with van der Waals surface area (Å²) in [4.78, 5) is 12.5. The number of carbonyl (C=O) groups is 1. The summed E-state index contributed by atoms with van der Waals surface area (Å²) < 4.78 is 31.4. The summed E-state index contributed by atoms with van der Waals surface area (Å²) in [6.45, 7) is 0.363. The first-order valence-electron chi connectivity index (χ1n) is 9.93. The monoisotopic (exact) mass is 484 g/mol. The molecule has 0 saturated carbocycles. The molecular formula is C23H21ClN4O4S. The predicted octanol–water partition coefficient (Wildman–Crippen LogP) is 3.58. The van der Waals surface area contributed by atoms with Gasteiger partial charge in [0.15, 0.2) is 0 Å². The number of hydrogen-bond donors (Lipinski definition) is 2. The van der Waals surface area contributed by atoms with Gasteiger partial charge in [0.2, 0.25) is 15.9 Å². The number of hydrogen-bond acceptors (Lipinski definition) is 5. The van der Waals surface area contributed by atoms with Crippen molar-refractivity contribution in [3.05, 3.63) is 83.0 Å². The average molecular weight is 485 g/mol. The fourth-order valence-corrected chi connectivity index (χ4v) is 4.50. The van der Waals surface area contributed by atoms with Crippen LogP contribution >= 0.6 is 11.6 Å². The first kappa shape index (κ1) is 22.8. The van der Waals surface area contributed by atoms with Crippen molar-refractivity contribution in [1.29, 1.82) is 0 Å². The van der Waals surface area contributed by atoms with E-state index in [4.69, 9.17) is 21.5 Å². The molecule has 0 fully saturated rings. The molecular weight excluding hydrogens is 464 g/mol. The molecule has 4 aromatic rings. The molecule has 170 valence electrons. The maximum absolute atomic E-state index is 12.6. The van der Waals surface area contributed by atoms with E-state index in [1.165, 1.54) is 12.3 Å². The fraction of sp³-hybridized carbons (Fsp3) is 0.130. The van der Waals surface area contributed by atoms with E-state index in [0.717, 1.165) is 5.56 Å². The zero-order valence-corrected chi connectivity index (χ0v) is 19.2. The number of nitrogens with one attached hydrogen (secondary N) is 1. The standard InChI is InChI=1S/C23H21ClN4O4S/c1-32-18-7-4-5-15(9-18)14-28-21-11-17(12-22(33(25,30)31)19(21)13-26-28)27-23(29)10-16-6-2-3-8-20(16)24/h2-9,11-13H,10,14H2,1H3,(H,27,29)(H2,25,30,31). The summed E-state index contributed by atoms with van der Waals surface area (Å²) in [7, 11) is -2.49. The highest BCUT2D eigenvalue weighted by atomic mass is 35.5. The van der Waals surface area contributed by atoms with Gasteiger partial charge in [0.25, 0.3) is 0 Å². The van der Waals surface area contributed by atoms with Crippen molar-refractivity contribution in [1.82, 2.24) is 9.78 Å². The Labute approximate surface area is 196 Å². The third kappa shape index (κ3) is 5.16. The Balaban J connectivity index is 1.70. The molecule has 0 aliphatic heterocycles. The first-order chi connectivity index (χ1) is 15.7. The molecule has 0 aliphatic carbocycles. The van der Waals surface area contributed by atoms with Gasteiger partial charge in [-0.3, -0.25) is 9.48 Å². The third-order valence-corrected chi connectivity index (χ3v) is 6.41. The average Bonchev–Trinajstić information content (AvgIpc) is 3.16. The number of sulfonamides is 1. The summed E-state index contributed by atoms with van der Waals surface area (Å²) >= 11 is 6.14. The Hall–Kier alpha value is -3.40. The van der Waals surface area contributed by atoms with Crippen LogP contribution in [0, 0.1) is 0 Å². The van der Waals surface area contributed by atoms with E-state index in [9.17, 15) is 13.2 Å². The van der Waals surface area contributed by atoms with Crippen molar-refractivity contribution in [2.24, 2.45) is 5.14 Å². The number of aromatic nitrogens is 2. The molecule has 0 radical (unpaired) electrons. The number of carbonyl (C=O) groups excluding carboxylic acids is 1. The lowest BCUT2D eigenvalue weighted by molar-refractivity contribution is -0.115. The maximum atomic E-state index is 12.6. The van der Waals surface area contributed by atoms with Gasteiger partial charge < -0.3 is 10.1 Å². The molecule has 1 amide bonds. The second-order valence-electron chi connectivity index (χ2n) is 7.42. The minimum atomic E-state index is -4.07. The Morgan fingerprint density at radius 3 is 2.67 bits per heavy atom. The van der Waals surface area contributed by atoms with Gasteiger partial charge in [0.05, 0.1) is 36.7 Å². The van der Waals surface area contributed by atoms with Crippen LogP contribution < -0.4 is 15.2 Å². The number of benzene rings is 3. The van der Waals surface area contributed by atoms with E-state index in [1.54, 1.807) is 42.1 Å². The normalized spacial score (nSPS) is 11.5. The molecule has 4 rings (SSSR count). The minimum absolute atomic E-state index is 0.0332. The zero-order valence-electron chi connectivity index (χ0n) is 17.7. The summed E-state index contributed by atoms with van der Waals surface area (Å²) in [5.74, 6) is 0.350. The Morgan fingerprint density at radius 1 is 1.15 bits per heavy atom. The topological polar surface area (TPSA) is 116 Å². The van der Waals surface area contributed by atoms with E-state index in [2.05, 4.69) is 10.4 Å². The molecule has 3 aromatic carbocycles. The molecule has 8 nitrogen and oxygen atoms in total. The number of amides is 1. The SMILES string of the molecule is COc1cccc(Cn2ncc3c(S(N)(=O)=O)cc(NC(=O)Cc4ccccc4Cl)cc32)c1. The molecule has 0 bridgehead atoms. The van der Waals surface area contributed by atoms with Crippen molar-refractivity contribution < 1.29 is 17.9 Å². The van der Waals surface area contributed by atoms with Crippen LogP contribution in [-0.4, -0.2) is 31.2 Å². The van der Waals surface area contributed by atoms with Crippen LogP contribution in [0.25, 0.3) is 10.9 Å². The van der Waals surface area contributed by atoms with Crippen molar-refractivity contribution in [3.63, 3.8) is 0 Å². The van der Waals surface area contributed by atoms with E-state index in [0.29, 0.717) is 33.8 Å². The molecule has 0 aliphatic rings. The van der Waals surface area contributed by atoms with Gasteiger partial charge in [-0.1, -0.05) is 41.9 Å². The number of nitrogens with two attached hydrogens (primary N) is 1. The highest BCUT2D eigenvalue weighted by Crippen LogP contribution is 2.28. The molecule has 33 heavy (non-hydrogen) atoms. The Kier molecular flexibility index (Phi) is 6.37. The van der Waals surface area contributed by atoms with Gasteiger partial charge in [0.1, 0.15) is 5.75 Å². The number of primary sulfonamides is 1. The summed E-state index contributed by atoms with van der Waals surface area (Å²) in [6.07, 6.45) is 1.48. The van der Waals surface area contributed by atoms with Crippen LogP contribution in [0.4, 0.5) is 5.69 Å². The Morgan fingerprint density at radius 2 is 1.94 bits per heavy atom. The molecule has 0 unspecified atom stereocenters. The molecule has 3 N–H and O–H groups in total. The van der Waals surface area contributed by atoms with Gasteiger partial charge in [-0.05, 0) is 41.5 Å². The highest BCUT2D eigenvalue weighted by molar-refractivity contribution is 7.89. The van der Waals surface area contributed by atoms with Gasteiger partial charge in [-0.15, -0.1) is 0 Å². The lowest BCUT2D eigenvalue weighted by Gasteiger charge is -2.11. The minimum Gasteiger partial charge on any atom is -0.497 e. The number of halogens is 1. The van der Waals surface area contributed by atoms with Gasteiger partial charge in [0, 0.05) is 16.1 Å². The fourth-order valence-electron chi connectivity index (χ4n) is 3.54. The van der Waals surface area contributed by atoms with E-state index >= 15 is 0 Å².